The normalized spacial score (nSPS) is 11.9. The third-order valence-electron chi connectivity index (χ3n) is 2.34. The lowest BCUT2D eigenvalue weighted by atomic mass is 10.2. The van der Waals surface area contributed by atoms with E-state index in [0.29, 0.717) is 6.42 Å². The Kier molecular flexibility index (Phi) is 5.69. The van der Waals surface area contributed by atoms with Gasteiger partial charge in [-0.15, -0.1) is 11.3 Å². The Morgan fingerprint density at radius 1 is 1.53 bits per heavy atom. The van der Waals surface area contributed by atoms with Crippen LogP contribution in [0.5, 0.6) is 0 Å². The zero-order chi connectivity index (χ0) is 12.7. The quantitative estimate of drug-likeness (QED) is 0.788. The number of rotatable bonds is 6. The third kappa shape index (κ3) is 4.99. The number of amides is 1. The van der Waals surface area contributed by atoms with Gasteiger partial charge in [0.25, 0.3) is 0 Å². The van der Waals surface area contributed by atoms with Crippen molar-refractivity contribution >= 4 is 23.2 Å². The van der Waals surface area contributed by atoms with E-state index in [-0.39, 0.29) is 5.91 Å². The van der Waals surface area contributed by atoms with E-state index in [1.807, 2.05) is 11.4 Å². The van der Waals surface area contributed by atoms with Crippen LogP contribution in [0.1, 0.15) is 24.6 Å². The van der Waals surface area contributed by atoms with E-state index in [1.165, 1.54) is 12.0 Å². The van der Waals surface area contributed by atoms with E-state index in [0.717, 1.165) is 12.8 Å². The lowest BCUT2D eigenvalue weighted by Gasteiger charge is -2.11. The molecule has 0 radical (unpaired) electrons. The van der Waals surface area contributed by atoms with Gasteiger partial charge in [-0.3, -0.25) is 4.79 Å². The van der Waals surface area contributed by atoms with Gasteiger partial charge in [-0.05, 0) is 31.2 Å². The van der Waals surface area contributed by atoms with Gasteiger partial charge in [0, 0.05) is 11.3 Å². The molecule has 0 aliphatic carbocycles. The lowest BCUT2D eigenvalue weighted by molar-refractivity contribution is -0.144. The first-order chi connectivity index (χ1) is 8.13. The fourth-order valence-corrected chi connectivity index (χ4v) is 2.18. The molecule has 1 aromatic rings. The first-order valence-corrected chi connectivity index (χ1v) is 6.41. The Hall–Kier alpha value is -1.36. The summed E-state index contributed by atoms with van der Waals surface area (Å²) >= 11 is 1.69. The highest BCUT2D eigenvalue weighted by molar-refractivity contribution is 7.09. The monoisotopic (exact) mass is 255 g/mol. The van der Waals surface area contributed by atoms with Crippen molar-refractivity contribution in [3.63, 3.8) is 0 Å². The van der Waals surface area contributed by atoms with Crippen LogP contribution in [0.4, 0.5) is 0 Å². The zero-order valence-electron chi connectivity index (χ0n) is 10.1. The second kappa shape index (κ2) is 7.06. The predicted octanol–water partition coefficient (Wildman–Crippen LogP) is 1.75. The molecule has 0 saturated heterocycles. The van der Waals surface area contributed by atoms with Crippen molar-refractivity contribution in [3.8, 4) is 0 Å². The number of esters is 1. The van der Waals surface area contributed by atoms with Crippen molar-refractivity contribution in [1.29, 1.82) is 0 Å². The summed E-state index contributed by atoms with van der Waals surface area (Å²) in [6, 6.07) is 3.48. The van der Waals surface area contributed by atoms with E-state index >= 15 is 0 Å². The van der Waals surface area contributed by atoms with Crippen molar-refractivity contribution in [2.75, 3.05) is 7.11 Å². The SMILES string of the molecule is COC(=O)[C@H](C)NC(=O)CCCc1cccs1. The molecule has 4 nitrogen and oxygen atoms in total. The topological polar surface area (TPSA) is 55.4 Å². The fourth-order valence-electron chi connectivity index (χ4n) is 1.43. The van der Waals surface area contributed by atoms with Crippen LogP contribution in [0.2, 0.25) is 0 Å². The van der Waals surface area contributed by atoms with Gasteiger partial charge in [-0.1, -0.05) is 6.07 Å². The van der Waals surface area contributed by atoms with Crippen molar-refractivity contribution in [2.24, 2.45) is 0 Å². The molecule has 0 fully saturated rings. The van der Waals surface area contributed by atoms with Crippen molar-refractivity contribution in [2.45, 2.75) is 32.2 Å². The van der Waals surface area contributed by atoms with Crippen LogP contribution in [-0.4, -0.2) is 25.0 Å². The number of nitrogens with one attached hydrogen (secondary N) is 1. The minimum absolute atomic E-state index is 0.112. The number of carbonyl (C=O) groups is 2. The van der Waals surface area contributed by atoms with Gasteiger partial charge in [-0.2, -0.15) is 0 Å². The molecular formula is C12H17NO3S. The molecule has 1 N–H and O–H groups in total. The van der Waals surface area contributed by atoms with E-state index < -0.39 is 12.0 Å². The summed E-state index contributed by atoms with van der Waals surface area (Å²) in [6.45, 7) is 1.61. The van der Waals surface area contributed by atoms with E-state index in [2.05, 4.69) is 16.1 Å². The summed E-state index contributed by atoms with van der Waals surface area (Å²) in [7, 11) is 1.31. The van der Waals surface area contributed by atoms with Gasteiger partial charge in [0.05, 0.1) is 7.11 Å². The Bertz CT molecular complexity index is 362. The molecule has 1 rings (SSSR count). The summed E-state index contributed by atoms with van der Waals surface area (Å²) in [4.78, 5) is 23.8. The number of ether oxygens (including phenoxy) is 1. The molecule has 94 valence electrons. The molecule has 5 heteroatoms. The summed E-state index contributed by atoms with van der Waals surface area (Å²) in [6.07, 6.45) is 2.12. The predicted molar refractivity (Wildman–Crippen MR) is 66.9 cm³/mol. The average Bonchev–Trinajstić information content (AvgIpc) is 2.80. The molecule has 0 bridgehead atoms. The maximum Gasteiger partial charge on any atom is 0.328 e. The van der Waals surface area contributed by atoms with Crippen molar-refractivity contribution in [1.82, 2.24) is 5.32 Å². The Balaban J connectivity index is 2.19. The largest absolute Gasteiger partial charge is 0.467 e. The summed E-state index contributed by atoms with van der Waals surface area (Å²) in [5.74, 6) is -0.531. The molecule has 0 aliphatic rings. The van der Waals surface area contributed by atoms with Crippen LogP contribution in [-0.2, 0) is 20.7 Å². The summed E-state index contributed by atoms with van der Waals surface area (Å²) in [5, 5.41) is 4.62. The van der Waals surface area contributed by atoms with E-state index in [1.54, 1.807) is 18.3 Å². The first kappa shape index (κ1) is 13.7. The number of hydrogen-bond acceptors (Lipinski definition) is 4. The Morgan fingerprint density at radius 2 is 2.29 bits per heavy atom. The second-order valence-electron chi connectivity index (χ2n) is 3.75. The first-order valence-electron chi connectivity index (χ1n) is 5.53. The van der Waals surface area contributed by atoms with Crippen molar-refractivity contribution in [3.05, 3.63) is 22.4 Å². The highest BCUT2D eigenvalue weighted by atomic mass is 32.1. The molecule has 0 saturated carbocycles. The maximum atomic E-state index is 11.5. The molecule has 0 unspecified atom stereocenters. The van der Waals surface area contributed by atoms with Crippen LogP contribution >= 0.6 is 11.3 Å². The molecule has 1 atom stereocenters. The van der Waals surface area contributed by atoms with Gasteiger partial charge >= 0.3 is 5.97 Å². The van der Waals surface area contributed by atoms with E-state index in [9.17, 15) is 9.59 Å². The Labute approximate surface area is 105 Å². The number of aryl methyl sites for hydroxylation is 1. The molecule has 1 amide bonds. The molecule has 0 aliphatic heterocycles. The minimum atomic E-state index is -0.575. The van der Waals surface area contributed by atoms with Gasteiger partial charge in [0.1, 0.15) is 6.04 Å². The summed E-state index contributed by atoms with van der Waals surface area (Å²) in [5.41, 5.74) is 0. The van der Waals surface area contributed by atoms with Crippen LogP contribution in [0.3, 0.4) is 0 Å². The smallest absolute Gasteiger partial charge is 0.328 e. The van der Waals surface area contributed by atoms with E-state index in [4.69, 9.17) is 0 Å². The number of carbonyl (C=O) groups excluding carboxylic acids is 2. The number of thiophene rings is 1. The maximum absolute atomic E-state index is 11.5. The Morgan fingerprint density at radius 3 is 2.88 bits per heavy atom. The van der Waals surface area contributed by atoms with Crippen LogP contribution in [0, 0.1) is 0 Å². The lowest BCUT2D eigenvalue weighted by Crippen LogP contribution is -2.39. The summed E-state index contributed by atoms with van der Waals surface area (Å²) < 4.78 is 4.52. The number of methoxy groups -OCH3 is 1. The van der Waals surface area contributed by atoms with Gasteiger partial charge in [-0.25, -0.2) is 4.79 Å². The van der Waals surface area contributed by atoms with Crippen molar-refractivity contribution < 1.29 is 14.3 Å². The second-order valence-corrected chi connectivity index (χ2v) is 4.78. The molecule has 0 aromatic carbocycles. The van der Waals surface area contributed by atoms with Crippen LogP contribution in [0.25, 0.3) is 0 Å². The molecule has 1 aromatic heterocycles. The minimum Gasteiger partial charge on any atom is -0.467 e. The zero-order valence-corrected chi connectivity index (χ0v) is 10.9. The highest BCUT2D eigenvalue weighted by Crippen LogP contribution is 2.11. The average molecular weight is 255 g/mol. The molecule has 17 heavy (non-hydrogen) atoms. The number of hydrogen-bond donors (Lipinski definition) is 1. The molecule has 1 heterocycles. The van der Waals surface area contributed by atoms with Crippen LogP contribution in [0.15, 0.2) is 17.5 Å². The van der Waals surface area contributed by atoms with Gasteiger partial charge in [0.2, 0.25) is 5.91 Å². The van der Waals surface area contributed by atoms with Gasteiger partial charge < -0.3 is 10.1 Å². The standard InChI is InChI=1S/C12H17NO3S/c1-9(12(15)16-2)13-11(14)7-3-5-10-6-4-8-17-10/h4,6,8-9H,3,5,7H2,1-2H3,(H,13,14)/t9-/m0/s1. The fraction of sp³-hybridized carbons (Fsp3) is 0.500. The molecule has 0 spiro atoms. The molecular weight excluding hydrogens is 238 g/mol. The highest BCUT2D eigenvalue weighted by Gasteiger charge is 2.15. The van der Waals surface area contributed by atoms with Crippen LogP contribution < -0.4 is 5.32 Å². The van der Waals surface area contributed by atoms with Gasteiger partial charge in [0.15, 0.2) is 0 Å². The third-order valence-corrected chi connectivity index (χ3v) is 3.28.